The SMILES string of the molecule is CCC(C)(C)C(O)C(=O)I1CCCCC1CC(=O)O. The van der Waals surface area contributed by atoms with Gasteiger partial charge in [0.05, 0.1) is 0 Å². The Hall–Kier alpha value is -0.170. The number of rotatable bonds is 6. The number of hydrogen-bond acceptors (Lipinski definition) is 3. The molecule has 1 rings (SSSR count). The standard InChI is InChI=1S/C14H25IO4/c1-4-14(2,3)12(18)13(19)15-8-6-5-7-10(15)9-11(16)17/h10,12,18H,4-9H2,1-3H3,(H,16,17). The van der Waals surface area contributed by atoms with Crippen molar-refractivity contribution in [2.24, 2.45) is 5.41 Å². The molecule has 1 saturated heterocycles. The predicted octanol–water partition coefficient (Wildman–Crippen LogP) is 2.84. The van der Waals surface area contributed by atoms with E-state index in [4.69, 9.17) is 5.11 Å². The van der Waals surface area contributed by atoms with Crippen LogP contribution in [-0.4, -0.2) is 34.4 Å². The van der Waals surface area contributed by atoms with Gasteiger partial charge in [0.25, 0.3) is 0 Å². The summed E-state index contributed by atoms with van der Waals surface area (Å²) in [5.74, 6) is -0.814. The average molecular weight is 384 g/mol. The average Bonchev–Trinajstić information content (AvgIpc) is 2.37. The van der Waals surface area contributed by atoms with Crippen LogP contribution in [0, 0.1) is 5.41 Å². The van der Waals surface area contributed by atoms with E-state index in [9.17, 15) is 14.7 Å². The van der Waals surface area contributed by atoms with Crippen molar-refractivity contribution in [3.8, 4) is 0 Å². The summed E-state index contributed by atoms with van der Waals surface area (Å²) >= 11 is -2.03. The second-order valence-electron chi connectivity index (χ2n) is 5.83. The molecule has 0 saturated carbocycles. The van der Waals surface area contributed by atoms with Gasteiger partial charge in [0.1, 0.15) is 0 Å². The summed E-state index contributed by atoms with van der Waals surface area (Å²) in [6, 6.07) is 0. The number of aliphatic carboxylic acids is 1. The van der Waals surface area contributed by atoms with Crippen molar-refractivity contribution in [3.63, 3.8) is 0 Å². The van der Waals surface area contributed by atoms with Gasteiger partial charge in [-0.05, 0) is 0 Å². The van der Waals surface area contributed by atoms with Gasteiger partial charge in [-0.1, -0.05) is 0 Å². The number of carboxylic acids is 1. The van der Waals surface area contributed by atoms with Crippen molar-refractivity contribution >= 4 is 29.6 Å². The number of alkyl halides is 2. The third-order valence-corrected chi connectivity index (χ3v) is 11.0. The van der Waals surface area contributed by atoms with Gasteiger partial charge in [-0.25, -0.2) is 0 Å². The van der Waals surface area contributed by atoms with Gasteiger partial charge < -0.3 is 0 Å². The van der Waals surface area contributed by atoms with E-state index in [1.54, 1.807) is 0 Å². The summed E-state index contributed by atoms with van der Waals surface area (Å²) in [5.41, 5.74) is -0.403. The van der Waals surface area contributed by atoms with E-state index in [1.807, 2.05) is 20.8 Å². The quantitative estimate of drug-likeness (QED) is 0.420. The van der Waals surface area contributed by atoms with E-state index in [-0.39, 0.29) is 14.1 Å². The molecule has 0 bridgehead atoms. The number of aliphatic hydroxyl groups excluding tert-OH is 1. The van der Waals surface area contributed by atoms with Crippen molar-refractivity contribution in [2.75, 3.05) is 4.43 Å². The predicted molar refractivity (Wildman–Crippen MR) is 83.9 cm³/mol. The molecule has 4 nitrogen and oxygen atoms in total. The number of halogens is 1. The first-order chi connectivity index (χ1) is 8.79. The van der Waals surface area contributed by atoms with Crippen molar-refractivity contribution in [2.45, 2.75) is 62.9 Å². The molecule has 2 N–H and O–H groups in total. The first-order valence-corrected chi connectivity index (χ1v) is 10.7. The van der Waals surface area contributed by atoms with Gasteiger partial charge >= 0.3 is 122 Å². The van der Waals surface area contributed by atoms with E-state index < -0.39 is 37.3 Å². The van der Waals surface area contributed by atoms with Gasteiger partial charge in [0.15, 0.2) is 0 Å². The molecular weight excluding hydrogens is 359 g/mol. The van der Waals surface area contributed by atoms with Gasteiger partial charge in [0.2, 0.25) is 0 Å². The number of carbonyl (C=O) groups excluding carboxylic acids is 1. The topological polar surface area (TPSA) is 74.6 Å². The summed E-state index contributed by atoms with van der Waals surface area (Å²) < 4.78 is 0.921. The van der Waals surface area contributed by atoms with Crippen LogP contribution in [0.15, 0.2) is 0 Å². The number of aliphatic hydroxyl groups is 1. The second-order valence-corrected chi connectivity index (χ2v) is 12.0. The first kappa shape index (κ1) is 16.9. The summed E-state index contributed by atoms with van der Waals surface area (Å²) in [6.07, 6.45) is 2.82. The van der Waals surface area contributed by atoms with Crippen LogP contribution in [0.2, 0.25) is 0 Å². The van der Waals surface area contributed by atoms with Crippen molar-refractivity contribution in [1.29, 1.82) is 0 Å². The van der Waals surface area contributed by atoms with Crippen LogP contribution in [0.3, 0.4) is 0 Å². The van der Waals surface area contributed by atoms with Crippen molar-refractivity contribution in [3.05, 3.63) is 0 Å². The summed E-state index contributed by atoms with van der Waals surface area (Å²) in [7, 11) is 0. The minimum absolute atomic E-state index is 0.00185. The third kappa shape index (κ3) is 4.41. The maximum absolute atomic E-state index is 12.5. The molecule has 1 heterocycles. The zero-order valence-electron chi connectivity index (χ0n) is 12.0. The molecule has 19 heavy (non-hydrogen) atoms. The monoisotopic (exact) mass is 384 g/mol. The Bertz CT molecular complexity index is 340. The van der Waals surface area contributed by atoms with Crippen molar-refractivity contribution < 1.29 is 19.8 Å². The molecule has 1 fully saturated rings. The summed E-state index contributed by atoms with van der Waals surface area (Å²) in [4.78, 5) is 23.4. The van der Waals surface area contributed by atoms with Crippen LogP contribution in [0.25, 0.3) is 0 Å². The Labute approximate surface area is 122 Å². The number of carbonyl (C=O) groups is 2. The Morgan fingerprint density at radius 3 is 2.53 bits per heavy atom. The molecular formula is C14H25IO4. The zero-order chi connectivity index (χ0) is 14.6. The number of carboxylic acid groups (broad SMARTS) is 1. The van der Waals surface area contributed by atoms with Gasteiger partial charge in [-0.2, -0.15) is 0 Å². The fourth-order valence-electron chi connectivity index (χ4n) is 2.15. The van der Waals surface area contributed by atoms with Gasteiger partial charge in [-0.15, -0.1) is 0 Å². The molecule has 1 aliphatic rings. The fourth-order valence-corrected chi connectivity index (χ4v) is 9.50. The van der Waals surface area contributed by atoms with Crippen LogP contribution in [0.5, 0.6) is 0 Å². The molecule has 0 aromatic heterocycles. The molecule has 0 aromatic carbocycles. The fraction of sp³-hybridized carbons (Fsp3) is 0.857. The molecule has 0 aromatic rings. The van der Waals surface area contributed by atoms with Crippen LogP contribution in [-0.2, 0) is 9.59 Å². The molecule has 2 unspecified atom stereocenters. The van der Waals surface area contributed by atoms with E-state index in [2.05, 4.69) is 0 Å². The Balaban J connectivity index is 2.79. The molecule has 2 atom stereocenters. The van der Waals surface area contributed by atoms with E-state index in [0.29, 0.717) is 0 Å². The van der Waals surface area contributed by atoms with Crippen LogP contribution in [0.1, 0.15) is 52.9 Å². The number of hydrogen-bond donors (Lipinski definition) is 2. The van der Waals surface area contributed by atoms with Crippen LogP contribution >= 0.6 is 19.8 Å². The van der Waals surface area contributed by atoms with Crippen LogP contribution < -0.4 is 0 Å². The molecule has 0 radical (unpaired) electrons. The van der Waals surface area contributed by atoms with Gasteiger partial charge in [-0.3, -0.25) is 0 Å². The van der Waals surface area contributed by atoms with Crippen LogP contribution in [0.4, 0.5) is 0 Å². The van der Waals surface area contributed by atoms with E-state index in [0.717, 1.165) is 30.1 Å². The molecule has 5 heteroatoms. The molecule has 112 valence electrons. The summed E-state index contributed by atoms with van der Waals surface area (Å²) in [5, 5.41) is 19.3. The maximum atomic E-state index is 12.5. The van der Waals surface area contributed by atoms with E-state index >= 15 is 0 Å². The first-order valence-electron chi connectivity index (χ1n) is 6.87. The Kier molecular flexibility index (Phi) is 6.23. The molecule has 0 amide bonds. The van der Waals surface area contributed by atoms with E-state index in [1.165, 1.54) is 0 Å². The van der Waals surface area contributed by atoms with Crippen molar-refractivity contribution in [1.82, 2.24) is 0 Å². The normalized spacial score (nSPS) is 24.0. The second kappa shape index (κ2) is 7.02. The Morgan fingerprint density at radius 1 is 1.37 bits per heavy atom. The zero-order valence-corrected chi connectivity index (χ0v) is 14.1. The molecule has 1 aliphatic heterocycles. The minimum atomic E-state index is -2.03. The molecule has 0 aliphatic carbocycles. The van der Waals surface area contributed by atoms with Gasteiger partial charge in [0, 0.05) is 0 Å². The third-order valence-electron chi connectivity index (χ3n) is 3.98. The molecule has 0 spiro atoms. The summed E-state index contributed by atoms with van der Waals surface area (Å²) in [6.45, 7) is 5.78. The Morgan fingerprint density at radius 2 is 2.00 bits per heavy atom.